The van der Waals surface area contributed by atoms with Gasteiger partial charge in [0.15, 0.2) is 12.2 Å². The molecule has 0 aromatic heterocycles. The predicted octanol–water partition coefficient (Wildman–Crippen LogP) is 5.21. The Morgan fingerprint density at radius 1 is 0.636 bits per heavy atom. The van der Waals surface area contributed by atoms with E-state index in [0.29, 0.717) is 28.2 Å². The Labute approximate surface area is 321 Å². The van der Waals surface area contributed by atoms with Crippen LogP contribution in [0.2, 0.25) is 0 Å². The summed E-state index contributed by atoms with van der Waals surface area (Å²) in [7, 11) is 0. The van der Waals surface area contributed by atoms with Crippen molar-refractivity contribution in [3.8, 4) is 58.9 Å². The van der Waals surface area contributed by atoms with Crippen LogP contribution >= 0.6 is 0 Å². The third-order valence-corrected chi connectivity index (χ3v) is 7.24. The Bertz CT molecular complexity index is 2080. The van der Waals surface area contributed by atoms with Crippen molar-refractivity contribution in [1.29, 1.82) is 0 Å². The number of rotatable bonds is 18. The van der Waals surface area contributed by atoms with Crippen molar-refractivity contribution in [2.45, 2.75) is 45.8 Å². The number of hydrogen-bond acceptors (Lipinski definition) is 10. The number of aryl methyl sites for hydroxylation is 2. The SMILES string of the molecule is C=CC(=O)OCC(COc1ccc(C)cc1)OC(=O)Cc1ccc(C)c(CC(=O)OC(COC(=O)C=C)COc2ccc(C#CC#CC#CC#CC)cc2)c1. The zero-order chi connectivity index (χ0) is 39.8. The fraction of sp³-hybridized carbons (Fsp3) is 0.244. The monoisotopic (exact) mass is 740 g/mol. The Morgan fingerprint density at radius 3 is 1.69 bits per heavy atom. The molecule has 0 spiro atoms. The van der Waals surface area contributed by atoms with Gasteiger partial charge in [0.2, 0.25) is 0 Å². The minimum Gasteiger partial charge on any atom is -0.490 e. The topological polar surface area (TPSA) is 124 Å². The summed E-state index contributed by atoms with van der Waals surface area (Å²) in [6.45, 7) is 11.5. The van der Waals surface area contributed by atoms with Gasteiger partial charge in [-0.25, -0.2) is 9.59 Å². The van der Waals surface area contributed by atoms with Crippen molar-refractivity contribution in [2.24, 2.45) is 0 Å². The van der Waals surface area contributed by atoms with Crippen molar-refractivity contribution in [1.82, 2.24) is 0 Å². The molecule has 3 rings (SSSR count). The molecule has 3 aromatic carbocycles. The molecule has 0 aliphatic rings. The fourth-order valence-corrected chi connectivity index (χ4v) is 4.44. The average Bonchev–Trinajstić information content (AvgIpc) is 3.18. The highest BCUT2D eigenvalue weighted by molar-refractivity contribution is 5.81. The summed E-state index contributed by atoms with van der Waals surface area (Å²) in [6.07, 6.45) is -0.0950. The summed E-state index contributed by atoms with van der Waals surface area (Å²) in [6, 6.07) is 19.4. The molecular formula is C45H40O10. The molecule has 0 saturated carbocycles. The summed E-state index contributed by atoms with van der Waals surface area (Å²) in [4.78, 5) is 49.6. The minimum atomic E-state index is -0.947. The molecule has 0 fully saturated rings. The molecule has 10 heteroatoms. The van der Waals surface area contributed by atoms with E-state index in [1.807, 2.05) is 26.0 Å². The molecule has 55 heavy (non-hydrogen) atoms. The first kappa shape index (κ1) is 42.3. The molecule has 0 aliphatic heterocycles. The molecule has 3 aromatic rings. The van der Waals surface area contributed by atoms with Crippen LogP contribution in [0.25, 0.3) is 0 Å². The van der Waals surface area contributed by atoms with E-state index in [1.165, 1.54) is 0 Å². The number of carbonyl (C=O) groups excluding carboxylic acids is 4. The van der Waals surface area contributed by atoms with Gasteiger partial charge in [0.1, 0.15) is 37.9 Å². The molecule has 0 bridgehead atoms. The Balaban J connectivity index is 1.61. The van der Waals surface area contributed by atoms with Crippen LogP contribution in [-0.4, -0.2) is 62.5 Å². The average molecular weight is 741 g/mol. The fourth-order valence-electron chi connectivity index (χ4n) is 4.44. The van der Waals surface area contributed by atoms with Gasteiger partial charge in [-0.1, -0.05) is 60.9 Å². The molecule has 0 aliphatic carbocycles. The van der Waals surface area contributed by atoms with E-state index in [4.69, 9.17) is 28.4 Å². The Kier molecular flexibility index (Phi) is 18.0. The van der Waals surface area contributed by atoms with Crippen LogP contribution in [0.5, 0.6) is 11.5 Å². The first-order valence-corrected chi connectivity index (χ1v) is 17.0. The quantitative estimate of drug-likeness (QED) is 0.0744. The summed E-state index contributed by atoms with van der Waals surface area (Å²) in [5.74, 6) is 19.7. The van der Waals surface area contributed by atoms with Gasteiger partial charge in [-0.05, 0) is 109 Å². The highest BCUT2D eigenvalue weighted by Gasteiger charge is 2.21. The normalized spacial score (nSPS) is 10.6. The number of carbonyl (C=O) groups is 4. The van der Waals surface area contributed by atoms with Crippen molar-refractivity contribution in [2.75, 3.05) is 26.4 Å². The van der Waals surface area contributed by atoms with E-state index in [1.54, 1.807) is 61.5 Å². The standard InChI is InChI=1S/C45H40O10/c1-6-9-10-11-12-13-14-15-35-20-24-39(25-21-35)51-30-41(32-53-43(47)8-3)55-45(49)28-37-26-36(19-18-34(37)5)27-44(48)54-40(31-52-42(46)7-2)29-50-38-22-16-33(4)17-23-38/h7-8,16-26,40-41H,2-3,27-32H2,1,4-5H3. The molecule has 2 atom stereocenters. The maximum atomic E-state index is 13.1. The lowest BCUT2D eigenvalue weighted by atomic mass is 10.0. The third-order valence-electron chi connectivity index (χ3n) is 7.24. The van der Waals surface area contributed by atoms with Crippen molar-refractivity contribution in [3.63, 3.8) is 0 Å². The number of esters is 4. The Morgan fingerprint density at radius 2 is 1.15 bits per heavy atom. The number of hydrogen-bond donors (Lipinski definition) is 0. The zero-order valence-corrected chi connectivity index (χ0v) is 30.9. The van der Waals surface area contributed by atoms with Crippen LogP contribution < -0.4 is 9.47 Å². The van der Waals surface area contributed by atoms with Crippen molar-refractivity contribution >= 4 is 23.9 Å². The summed E-state index contributed by atoms with van der Waals surface area (Å²) >= 11 is 0. The largest absolute Gasteiger partial charge is 0.490 e. The second-order valence-electron chi connectivity index (χ2n) is 11.6. The van der Waals surface area contributed by atoms with Crippen LogP contribution in [0, 0.1) is 61.2 Å². The second kappa shape index (κ2) is 23.4. The molecule has 0 saturated heterocycles. The van der Waals surface area contributed by atoms with Crippen molar-refractivity contribution in [3.05, 3.63) is 120 Å². The van der Waals surface area contributed by atoms with Crippen LogP contribution in [0.4, 0.5) is 0 Å². The Hall–Kier alpha value is -7.14. The van der Waals surface area contributed by atoms with E-state index in [2.05, 4.69) is 60.5 Å². The van der Waals surface area contributed by atoms with Gasteiger partial charge < -0.3 is 28.4 Å². The van der Waals surface area contributed by atoms with Crippen LogP contribution in [0.1, 0.15) is 34.7 Å². The van der Waals surface area contributed by atoms with Crippen molar-refractivity contribution < 1.29 is 47.6 Å². The maximum Gasteiger partial charge on any atom is 0.330 e. The zero-order valence-electron chi connectivity index (χ0n) is 30.9. The molecule has 0 amide bonds. The lowest BCUT2D eigenvalue weighted by Gasteiger charge is -2.19. The van der Waals surface area contributed by atoms with Gasteiger partial charge in [0, 0.05) is 17.7 Å². The van der Waals surface area contributed by atoms with Gasteiger partial charge in [0.25, 0.3) is 0 Å². The van der Waals surface area contributed by atoms with E-state index in [-0.39, 0.29) is 39.3 Å². The molecule has 0 N–H and O–H groups in total. The predicted molar refractivity (Wildman–Crippen MR) is 205 cm³/mol. The summed E-state index contributed by atoms with van der Waals surface area (Å²) < 4.78 is 33.1. The number of ether oxygens (including phenoxy) is 6. The van der Waals surface area contributed by atoms with Gasteiger partial charge in [-0.15, -0.1) is 0 Å². The first-order chi connectivity index (χ1) is 26.6. The minimum absolute atomic E-state index is 0.0562. The maximum absolute atomic E-state index is 13.1. The van der Waals surface area contributed by atoms with Gasteiger partial charge >= 0.3 is 23.9 Å². The molecular weight excluding hydrogens is 700 g/mol. The van der Waals surface area contributed by atoms with Crippen LogP contribution in [0.15, 0.2) is 92.0 Å². The summed E-state index contributed by atoms with van der Waals surface area (Å²) in [5, 5.41) is 0. The van der Waals surface area contributed by atoms with E-state index >= 15 is 0 Å². The van der Waals surface area contributed by atoms with E-state index < -0.39 is 36.1 Å². The second-order valence-corrected chi connectivity index (χ2v) is 11.6. The molecule has 0 radical (unpaired) electrons. The number of benzene rings is 3. The molecule has 10 nitrogen and oxygen atoms in total. The summed E-state index contributed by atoms with van der Waals surface area (Å²) in [5.41, 5.74) is 3.72. The van der Waals surface area contributed by atoms with E-state index in [9.17, 15) is 19.2 Å². The third kappa shape index (κ3) is 16.8. The lowest BCUT2D eigenvalue weighted by molar-refractivity contribution is -0.158. The molecule has 2 unspecified atom stereocenters. The molecule has 280 valence electrons. The molecule has 0 heterocycles. The first-order valence-electron chi connectivity index (χ1n) is 17.0. The van der Waals surface area contributed by atoms with Gasteiger partial charge in [-0.3, -0.25) is 9.59 Å². The highest BCUT2D eigenvalue weighted by Crippen LogP contribution is 2.17. The van der Waals surface area contributed by atoms with E-state index in [0.717, 1.165) is 23.3 Å². The highest BCUT2D eigenvalue weighted by atomic mass is 16.6. The smallest absolute Gasteiger partial charge is 0.330 e. The van der Waals surface area contributed by atoms with Gasteiger partial charge in [-0.2, -0.15) is 0 Å². The van der Waals surface area contributed by atoms with Gasteiger partial charge in [0.05, 0.1) is 12.8 Å². The van der Waals surface area contributed by atoms with Crippen LogP contribution in [-0.2, 0) is 51.0 Å². The lowest BCUT2D eigenvalue weighted by Crippen LogP contribution is -2.31. The van der Waals surface area contributed by atoms with Crippen LogP contribution in [0.3, 0.4) is 0 Å².